The number of ether oxygens (including phenoxy) is 2. The second-order valence-corrected chi connectivity index (χ2v) is 42.2. The van der Waals surface area contributed by atoms with Crippen LogP contribution in [0.1, 0.15) is 267 Å². The molecule has 18 rings (SSSR count). The first-order chi connectivity index (χ1) is 71.2. The molecule has 0 saturated heterocycles. The van der Waals surface area contributed by atoms with Crippen LogP contribution in [0.3, 0.4) is 0 Å². The number of hydrogen-bond acceptors (Lipinski definition) is 29. The van der Waals surface area contributed by atoms with Gasteiger partial charge in [0.05, 0.1) is 83.3 Å². The fourth-order valence-electron chi connectivity index (χ4n) is 19.3. The van der Waals surface area contributed by atoms with Crippen molar-refractivity contribution in [3.05, 3.63) is 308 Å². The highest BCUT2D eigenvalue weighted by molar-refractivity contribution is 7.87. The quantitative estimate of drug-likeness (QED) is 0.00497. The van der Waals surface area contributed by atoms with Crippen LogP contribution >= 0.6 is 0 Å². The van der Waals surface area contributed by atoms with Crippen molar-refractivity contribution in [1.82, 2.24) is 18.9 Å². The van der Waals surface area contributed by atoms with Gasteiger partial charge in [0.25, 0.3) is 10.1 Å². The number of esters is 1. The molecule has 6 N–H and O–H groups in total. The number of nitrogens with zero attached hydrogens (tertiary/aromatic N) is 5. The molecule has 5 heterocycles. The largest absolute Gasteiger partial charge is 0.870 e. The number of benzene rings is 9. The van der Waals surface area contributed by atoms with Crippen LogP contribution in [-0.2, 0) is 62.1 Å². The Morgan fingerprint density at radius 1 is 0.553 bits per heavy atom. The van der Waals surface area contributed by atoms with E-state index in [9.17, 15) is 101 Å². The van der Waals surface area contributed by atoms with Crippen molar-refractivity contribution in [1.29, 1.82) is 0 Å². The van der Waals surface area contributed by atoms with Gasteiger partial charge in [0.15, 0.2) is 51.4 Å². The molecule has 0 spiro atoms. The van der Waals surface area contributed by atoms with Gasteiger partial charge in [0.1, 0.15) is 57.0 Å². The van der Waals surface area contributed by atoms with E-state index in [1.165, 1.54) is 127 Å². The number of phenols is 2. The lowest BCUT2D eigenvalue weighted by Crippen LogP contribution is -2.35. The van der Waals surface area contributed by atoms with Crippen molar-refractivity contribution in [2.45, 2.75) is 172 Å². The molecular formula is C113H114N7O26S4-3. The summed E-state index contributed by atoms with van der Waals surface area (Å²) in [6, 6.07) is 53.7. The topological polar surface area (TPSA) is 525 Å². The summed E-state index contributed by atoms with van der Waals surface area (Å²) in [6.45, 7) is 20.4. The number of unbranched alkanes of at least 4 members (excludes halogenated alkanes) is 11. The van der Waals surface area contributed by atoms with Crippen LogP contribution in [-0.4, -0.2) is 188 Å². The van der Waals surface area contributed by atoms with Crippen molar-refractivity contribution in [3.8, 4) is 45.1 Å². The molecule has 4 aromatic heterocycles. The number of hydrogen-bond donors (Lipinski definition) is 5. The molecule has 0 bridgehead atoms. The number of anilines is 3. The Morgan fingerprint density at radius 2 is 1.11 bits per heavy atom. The maximum atomic E-state index is 13.4. The van der Waals surface area contributed by atoms with Crippen LogP contribution in [0.4, 0.5) is 17.1 Å². The Kier molecular flexibility index (Phi) is 36.6. The van der Waals surface area contributed by atoms with E-state index in [0.29, 0.717) is 51.4 Å². The maximum Gasteiger partial charge on any atom is 0.341 e. The molecule has 150 heavy (non-hydrogen) atoms. The zero-order valence-corrected chi connectivity index (χ0v) is 87.3. The van der Waals surface area contributed by atoms with Crippen molar-refractivity contribution in [2.24, 2.45) is 5.41 Å². The monoisotopic (exact) mass is 2110 g/mol. The number of para-hydroxylation sites is 1. The summed E-state index contributed by atoms with van der Waals surface area (Å²) in [6.07, 6.45) is 22.7. The van der Waals surface area contributed by atoms with Crippen molar-refractivity contribution in [3.63, 3.8) is 0 Å². The molecule has 2 atom stereocenters. The maximum absolute atomic E-state index is 13.4. The molecule has 8 aromatic carbocycles. The van der Waals surface area contributed by atoms with Crippen molar-refractivity contribution in [2.75, 3.05) is 68.6 Å². The van der Waals surface area contributed by atoms with Crippen LogP contribution in [0, 0.1) is 5.41 Å². The Morgan fingerprint density at radius 3 is 1.69 bits per heavy atom. The van der Waals surface area contributed by atoms with E-state index in [4.69, 9.17) is 18.9 Å². The number of rotatable bonds is 32. The molecule has 12 aromatic rings. The lowest BCUT2D eigenvalue weighted by molar-refractivity contribution is -0.116. The minimum Gasteiger partial charge on any atom is -0.870 e. The predicted octanol–water partition coefficient (Wildman–Crippen LogP) is 18.8. The SMILES string of the molecule is CCC(C(=O)Nc1cccc2c1C(=O)c1ccccc1C2=O)S(=O)(=O)O.CCCCCCCCCCCCCCNc1c2c(nc3ccccc13)CC(C)(C)CC2=O.CCN(CC)c1ccc2c(-c3ccc(S(=O)(=O)[O-])cc3S(=O)(=O)[O-])c3ccc(=[N+](CC)CC)cc-3oc2c1.COCCOC(=O)c1c2c(n3ccc(-c4ccncc4)cc13)C(=O)c1ccccc1C2=O.O=C1c2ccccc2C(=O)c2c1cc(S(=O)[O-])c(O)c2O.[OH-]. The first-order valence-corrected chi connectivity index (χ1v) is 54.6. The summed E-state index contributed by atoms with van der Waals surface area (Å²) in [5.41, 5.74) is 9.44. The summed E-state index contributed by atoms with van der Waals surface area (Å²) in [5.74, 6) is -5.48. The smallest absolute Gasteiger partial charge is 0.341 e. The molecule has 0 saturated carbocycles. The third kappa shape index (κ3) is 24.4. The Hall–Kier alpha value is -14.6. The number of aromatic nitrogens is 3. The summed E-state index contributed by atoms with van der Waals surface area (Å²) in [4.78, 5) is 124. The Labute approximate surface area is 870 Å². The van der Waals surface area contributed by atoms with E-state index in [1.807, 2.05) is 82.3 Å². The van der Waals surface area contributed by atoms with E-state index < -0.39 is 102 Å². The Balaban J connectivity index is 0.000000158. The lowest BCUT2D eigenvalue weighted by atomic mass is 9.75. The number of phenolic OH excluding ortho intramolecular Hbond substituents is 2. The minimum atomic E-state index is -5.16. The van der Waals surface area contributed by atoms with Gasteiger partial charge < -0.3 is 63.2 Å². The number of methoxy groups -OCH3 is 1. The van der Waals surface area contributed by atoms with Crippen LogP contribution in [0.15, 0.2) is 238 Å². The van der Waals surface area contributed by atoms with Gasteiger partial charge in [-0.1, -0.05) is 208 Å². The summed E-state index contributed by atoms with van der Waals surface area (Å²) >= 11 is -2.86. The second kappa shape index (κ2) is 48.8. The van der Waals surface area contributed by atoms with Gasteiger partial charge in [-0.05, 0) is 147 Å². The molecular weight excluding hydrogens is 2000 g/mol. The van der Waals surface area contributed by atoms with Gasteiger partial charge in [0, 0.05) is 142 Å². The molecule has 784 valence electrons. The normalized spacial score (nSPS) is 13.5. The van der Waals surface area contributed by atoms with Crippen molar-refractivity contribution >= 4 is 138 Å². The van der Waals surface area contributed by atoms with E-state index in [2.05, 4.69) is 58.0 Å². The highest BCUT2D eigenvalue weighted by atomic mass is 32.2. The highest BCUT2D eigenvalue weighted by Crippen LogP contribution is 2.47. The number of ketones is 7. The highest BCUT2D eigenvalue weighted by Gasteiger charge is 2.42. The zero-order chi connectivity index (χ0) is 107. The fraction of sp³-hybridized carbons (Fsp3) is 0.292. The molecule has 33 nitrogen and oxygen atoms in total. The number of Topliss-reactive ketones (excluding diaryl/α,β-unsaturated/α-hetero) is 1. The van der Waals surface area contributed by atoms with Gasteiger partial charge in [-0.2, -0.15) is 8.42 Å². The van der Waals surface area contributed by atoms with Gasteiger partial charge in [-0.25, -0.2) is 26.2 Å². The number of fused-ring (bicyclic) bond motifs is 12. The Bertz CT molecular complexity index is 8050. The molecule has 2 unspecified atom stereocenters. The number of amides is 1. The predicted molar refractivity (Wildman–Crippen MR) is 564 cm³/mol. The standard InChI is InChI=1S/C29H44N2O.C27H30N2O7S2.C25H18N2O5.C18H15NO6S.C14H8O6S.H2O/c1-4-5-6-7-8-9-10-11-12-13-14-17-20-30-28-23-18-15-16-19-24(23)31-25-21-29(2,3)22-26(32)27(25)28;1-5-28(6-2)18-9-12-21-24(15-18)36-25-16-19(29(7-3)8-4)10-13-22(25)27(21)23-14-11-20(37(30,31)32)17-26(23)38(33,34)35;1-31-12-13-32-25(30)20-19-14-16(15-6-9-26-10-7-15)8-11-27(19)22-21(20)23(28)17-4-2-3-5-18(17)24(22)29;1-2-14(26(23,24)25)18(22)19-13-9-5-8-12-15(13)17(21)11-7-4-3-6-10(11)16(12)20;15-11-6-3-1-2-4-7(6)12(16)10-8(11)5-9(21(19)20)13(17)14(10)18;/h15-16,18-19H,4-14,17,20-22H2,1-3H3,(H,30,31);9-17H,5-8H2,1-4H3,(H-,30,31,32,33,34,35);2-11,14H,12-13H2,1H3;3-9,14H,2H2,1H3,(H,19,22)(H,23,24,25);1-5,17-18H,(H,19,20);1H2/p-3. The van der Waals surface area contributed by atoms with Crippen LogP contribution in [0.25, 0.3) is 61.0 Å². The lowest BCUT2D eigenvalue weighted by Gasteiger charge is -2.31. The average molecular weight is 2110 g/mol. The van der Waals surface area contributed by atoms with Gasteiger partial charge in [-0.15, -0.1) is 0 Å². The number of aromatic hydroxyl groups is 2. The number of pyridine rings is 3. The molecule has 0 radical (unpaired) electrons. The molecule has 6 aliphatic rings. The van der Waals surface area contributed by atoms with Crippen molar-refractivity contribution < 1.29 is 120 Å². The molecule has 0 fully saturated rings. The first-order valence-electron chi connectivity index (χ1n) is 49.2. The summed E-state index contributed by atoms with van der Waals surface area (Å²) in [5, 5.41) is 26.4. The van der Waals surface area contributed by atoms with Gasteiger partial charge >= 0.3 is 5.97 Å². The van der Waals surface area contributed by atoms with Crippen LogP contribution in [0.2, 0.25) is 0 Å². The third-order valence-electron chi connectivity index (χ3n) is 26.7. The number of carbonyl (C=O) groups excluding carboxylic acids is 9. The summed E-state index contributed by atoms with van der Waals surface area (Å²) in [7, 11) is -13.2. The third-order valence-corrected chi connectivity index (χ3v) is 30.3. The molecule has 37 heteroatoms. The van der Waals surface area contributed by atoms with E-state index in [1.54, 1.807) is 95.8 Å². The van der Waals surface area contributed by atoms with Crippen LogP contribution < -0.4 is 25.5 Å². The zero-order valence-electron chi connectivity index (χ0n) is 84.1. The van der Waals surface area contributed by atoms with E-state index >= 15 is 0 Å². The summed E-state index contributed by atoms with van der Waals surface area (Å²) < 4.78 is 146. The molecule has 1 amide bonds. The average Bonchev–Trinajstić information content (AvgIpc) is 1.60. The van der Waals surface area contributed by atoms with Gasteiger partial charge in [0.2, 0.25) is 17.0 Å². The fourth-order valence-corrected chi connectivity index (χ4v) is 21.8. The van der Waals surface area contributed by atoms with Gasteiger partial charge in [-0.3, -0.25) is 57.1 Å². The molecule has 1 aliphatic heterocycles. The second-order valence-electron chi connectivity index (χ2n) is 36.9. The number of nitrogens with one attached hydrogen (secondary N) is 2. The van der Waals surface area contributed by atoms with Crippen LogP contribution in [0.5, 0.6) is 11.5 Å². The first kappa shape index (κ1) is 113. The number of carbonyl (C=O) groups is 9. The minimum absolute atomic E-state index is 0. The van der Waals surface area contributed by atoms with E-state index in [-0.39, 0.29) is 132 Å². The molecule has 5 aliphatic carbocycles. The van der Waals surface area contributed by atoms with E-state index in [0.717, 1.165) is 108 Å².